The minimum atomic E-state index is 0.687. The van der Waals surface area contributed by atoms with Gasteiger partial charge >= 0.3 is 0 Å². The standard InChI is InChI=1S/C15H17BrN2O2/c1-19-8-7-18-10-12-9-13(16)4-5-15(12)20-14-3-2-6-17-11-14/h2-6,9,11,18H,7-8,10H2,1H3. The molecule has 1 aromatic carbocycles. The third kappa shape index (κ3) is 4.59. The molecule has 0 saturated heterocycles. The van der Waals surface area contributed by atoms with Crippen molar-refractivity contribution in [1.82, 2.24) is 10.3 Å². The third-order valence-electron chi connectivity index (χ3n) is 2.68. The van der Waals surface area contributed by atoms with E-state index in [2.05, 4.69) is 26.2 Å². The Morgan fingerprint density at radius 2 is 2.20 bits per heavy atom. The Hall–Kier alpha value is -1.43. The molecule has 5 heteroatoms. The number of nitrogens with one attached hydrogen (secondary N) is 1. The fourth-order valence-electron chi connectivity index (χ4n) is 1.72. The van der Waals surface area contributed by atoms with E-state index in [0.717, 1.165) is 34.6 Å². The van der Waals surface area contributed by atoms with Crippen LogP contribution in [-0.4, -0.2) is 25.2 Å². The van der Waals surface area contributed by atoms with Gasteiger partial charge in [0.15, 0.2) is 0 Å². The van der Waals surface area contributed by atoms with Crippen molar-refractivity contribution in [1.29, 1.82) is 0 Å². The molecule has 0 atom stereocenters. The monoisotopic (exact) mass is 336 g/mol. The van der Waals surface area contributed by atoms with Gasteiger partial charge in [-0.15, -0.1) is 0 Å². The number of rotatable bonds is 7. The van der Waals surface area contributed by atoms with Crippen LogP contribution in [0.2, 0.25) is 0 Å². The highest BCUT2D eigenvalue weighted by molar-refractivity contribution is 9.10. The lowest BCUT2D eigenvalue weighted by molar-refractivity contribution is 0.199. The van der Waals surface area contributed by atoms with Crippen molar-refractivity contribution in [2.45, 2.75) is 6.54 Å². The Morgan fingerprint density at radius 3 is 2.95 bits per heavy atom. The maximum Gasteiger partial charge on any atom is 0.145 e. The molecule has 0 bridgehead atoms. The van der Waals surface area contributed by atoms with Crippen LogP contribution in [-0.2, 0) is 11.3 Å². The lowest BCUT2D eigenvalue weighted by Gasteiger charge is -2.12. The summed E-state index contributed by atoms with van der Waals surface area (Å²) < 4.78 is 11.9. The summed E-state index contributed by atoms with van der Waals surface area (Å²) in [6, 6.07) is 9.70. The highest BCUT2D eigenvalue weighted by Crippen LogP contribution is 2.27. The normalized spacial score (nSPS) is 10.5. The van der Waals surface area contributed by atoms with E-state index in [1.54, 1.807) is 19.5 Å². The molecule has 0 aliphatic carbocycles. The molecule has 20 heavy (non-hydrogen) atoms. The van der Waals surface area contributed by atoms with Gasteiger partial charge in [0, 0.05) is 36.4 Å². The van der Waals surface area contributed by atoms with Gasteiger partial charge in [0.25, 0.3) is 0 Å². The smallest absolute Gasteiger partial charge is 0.145 e. The van der Waals surface area contributed by atoms with E-state index in [0.29, 0.717) is 6.61 Å². The number of nitrogens with zero attached hydrogens (tertiary/aromatic N) is 1. The fourth-order valence-corrected chi connectivity index (χ4v) is 2.13. The summed E-state index contributed by atoms with van der Waals surface area (Å²) in [6.45, 7) is 2.21. The van der Waals surface area contributed by atoms with Crippen LogP contribution in [0.4, 0.5) is 0 Å². The van der Waals surface area contributed by atoms with Crippen LogP contribution < -0.4 is 10.1 Å². The molecule has 1 N–H and O–H groups in total. The molecule has 0 aliphatic heterocycles. The van der Waals surface area contributed by atoms with E-state index in [-0.39, 0.29) is 0 Å². The number of aromatic nitrogens is 1. The Kier molecular flexibility index (Phi) is 5.98. The summed E-state index contributed by atoms with van der Waals surface area (Å²) in [6.07, 6.45) is 3.42. The molecule has 0 fully saturated rings. The predicted octanol–water partition coefficient (Wildman–Crippen LogP) is 3.37. The van der Waals surface area contributed by atoms with Crippen LogP contribution in [0.1, 0.15) is 5.56 Å². The van der Waals surface area contributed by atoms with Crippen molar-refractivity contribution in [3.8, 4) is 11.5 Å². The van der Waals surface area contributed by atoms with Crippen LogP contribution in [0.25, 0.3) is 0 Å². The van der Waals surface area contributed by atoms with Crippen LogP contribution in [0.5, 0.6) is 11.5 Å². The van der Waals surface area contributed by atoms with Crippen LogP contribution in [0.3, 0.4) is 0 Å². The first-order valence-corrected chi connectivity index (χ1v) is 7.15. The second-order valence-corrected chi connectivity index (χ2v) is 5.13. The zero-order valence-corrected chi connectivity index (χ0v) is 12.9. The van der Waals surface area contributed by atoms with Crippen LogP contribution in [0, 0.1) is 0 Å². The van der Waals surface area contributed by atoms with Crippen molar-refractivity contribution in [2.75, 3.05) is 20.3 Å². The second kappa shape index (κ2) is 7.99. The molecule has 1 aromatic heterocycles. The summed E-state index contributed by atoms with van der Waals surface area (Å²) in [4.78, 5) is 4.05. The summed E-state index contributed by atoms with van der Waals surface area (Å²) in [5.74, 6) is 1.55. The lowest BCUT2D eigenvalue weighted by atomic mass is 10.2. The van der Waals surface area contributed by atoms with E-state index in [1.165, 1.54) is 0 Å². The van der Waals surface area contributed by atoms with Gasteiger partial charge in [-0.25, -0.2) is 0 Å². The molecule has 0 amide bonds. The van der Waals surface area contributed by atoms with E-state index in [9.17, 15) is 0 Å². The molecule has 4 nitrogen and oxygen atoms in total. The first kappa shape index (κ1) is 15.0. The summed E-state index contributed by atoms with van der Waals surface area (Å²) in [5, 5.41) is 3.31. The van der Waals surface area contributed by atoms with Gasteiger partial charge in [-0.2, -0.15) is 0 Å². The highest BCUT2D eigenvalue weighted by Gasteiger charge is 2.06. The molecule has 0 unspecified atom stereocenters. The fraction of sp³-hybridized carbons (Fsp3) is 0.267. The Bertz CT molecular complexity index is 535. The SMILES string of the molecule is COCCNCc1cc(Br)ccc1Oc1cccnc1. The van der Waals surface area contributed by atoms with Gasteiger partial charge < -0.3 is 14.8 Å². The van der Waals surface area contributed by atoms with Crippen LogP contribution in [0.15, 0.2) is 47.2 Å². The zero-order valence-electron chi connectivity index (χ0n) is 11.3. The average Bonchev–Trinajstić information content (AvgIpc) is 2.47. The highest BCUT2D eigenvalue weighted by atomic mass is 79.9. The predicted molar refractivity (Wildman–Crippen MR) is 82.0 cm³/mol. The minimum Gasteiger partial charge on any atom is -0.455 e. The molecule has 2 aromatic rings. The molecular formula is C15H17BrN2O2. The second-order valence-electron chi connectivity index (χ2n) is 4.21. The molecule has 2 rings (SSSR count). The Morgan fingerprint density at radius 1 is 1.30 bits per heavy atom. The molecule has 106 valence electrons. The molecule has 0 spiro atoms. The van der Waals surface area contributed by atoms with Gasteiger partial charge in [0.1, 0.15) is 11.5 Å². The maximum atomic E-state index is 5.87. The number of halogens is 1. The molecule has 1 heterocycles. The van der Waals surface area contributed by atoms with Gasteiger partial charge in [-0.1, -0.05) is 15.9 Å². The van der Waals surface area contributed by atoms with Crippen molar-refractivity contribution in [3.05, 3.63) is 52.8 Å². The zero-order chi connectivity index (χ0) is 14.2. The summed E-state index contributed by atoms with van der Waals surface area (Å²) in [7, 11) is 1.69. The quantitative estimate of drug-likeness (QED) is 0.787. The Labute approximate surface area is 127 Å². The van der Waals surface area contributed by atoms with Crippen molar-refractivity contribution >= 4 is 15.9 Å². The Balaban J connectivity index is 2.07. The number of hydrogen-bond acceptors (Lipinski definition) is 4. The van der Waals surface area contributed by atoms with Gasteiger partial charge in [-0.3, -0.25) is 4.98 Å². The topological polar surface area (TPSA) is 43.4 Å². The van der Waals surface area contributed by atoms with E-state index < -0.39 is 0 Å². The first-order valence-electron chi connectivity index (χ1n) is 6.35. The van der Waals surface area contributed by atoms with Gasteiger partial charge in [0.05, 0.1) is 12.8 Å². The van der Waals surface area contributed by atoms with E-state index in [1.807, 2.05) is 30.3 Å². The molecular weight excluding hydrogens is 320 g/mol. The molecule has 0 radical (unpaired) electrons. The number of pyridine rings is 1. The van der Waals surface area contributed by atoms with E-state index in [4.69, 9.17) is 9.47 Å². The van der Waals surface area contributed by atoms with Gasteiger partial charge in [-0.05, 0) is 30.3 Å². The maximum absolute atomic E-state index is 5.87. The van der Waals surface area contributed by atoms with Crippen molar-refractivity contribution in [2.24, 2.45) is 0 Å². The molecule has 0 saturated carbocycles. The summed E-state index contributed by atoms with van der Waals surface area (Å²) in [5.41, 5.74) is 1.08. The van der Waals surface area contributed by atoms with Gasteiger partial charge in [0.2, 0.25) is 0 Å². The van der Waals surface area contributed by atoms with Crippen molar-refractivity contribution in [3.63, 3.8) is 0 Å². The minimum absolute atomic E-state index is 0.687. The largest absolute Gasteiger partial charge is 0.455 e. The molecule has 0 aliphatic rings. The average molecular weight is 337 g/mol. The number of hydrogen-bond donors (Lipinski definition) is 1. The third-order valence-corrected chi connectivity index (χ3v) is 3.18. The van der Waals surface area contributed by atoms with Crippen molar-refractivity contribution < 1.29 is 9.47 Å². The number of benzene rings is 1. The van der Waals surface area contributed by atoms with Crippen LogP contribution >= 0.6 is 15.9 Å². The van der Waals surface area contributed by atoms with E-state index >= 15 is 0 Å². The first-order chi connectivity index (χ1) is 9.79. The number of ether oxygens (including phenoxy) is 2. The number of methoxy groups -OCH3 is 1. The lowest BCUT2D eigenvalue weighted by Crippen LogP contribution is -2.18. The summed E-state index contributed by atoms with van der Waals surface area (Å²) >= 11 is 3.48.